The molecular weight excluding hydrogens is 467 g/mol. The van der Waals surface area contributed by atoms with Gasteiger partial charge in [-0.3, -0.25) is 4.99 Å². The first kappa shape index (κ1) is 23.1. The summed E-state index contributed by atoms with van der Waals surface area (Å²) in [6, 6.07) is 6.06. The predicted molar refractivity (Wildman–Crippen MR) is 120 cm³/mol. The number of guanidine groups is 1. The average Bonchev–Trinajstić information content (AvgIpc) is 3.09. The topological polar surface area (TPSA) is 58.1 Å². The Morgan fingerprint density at radius 2 is 2.23 bits per heavy atom. The van der Waals surface area contributed by atoms with Crippen LogP contribution < -0.4 is 20.3 Å². The Balaban J connectivity index is 0.00000338. The maximum atomic E-state index is 6.15. The molecule has 0 bridgehead atoms. The van der Waals surface area contributed by atoms with Gasteiger partial charge >= 0.3 is 0 Å². The SMILES string of the molecule is CCOCCCNC(=NC)NC1CCN(c2cc(Cl)ccc2OC)C1.I. The van der Waals surface area contributed by atoms with Gasteiger partial charge in [0.1, 0.15) is 5.75 Å². The van der Waals surface area contributed by atoms with Crippen molar-refractivity contribution in [1.82, 2.24) is 10.6 Å². The molecule has 1 unspecified atom stereocenters. The van der Waals surface area contributed by atoms with Crippen LogP contribution in [0.15, 0.2) is 23.2 Å². The number of hydrogen-bond donors (Lipinski definition) is 2. The summed E-state index contributed by atoms with van der Waals surface area (Å²) < 4.78 is 10.8. The molecule has 0 aromatic heterocycles. The minimum atomic E-state index is 0. The third-order valence-electron chi connectivity index (χ3n) is 4.20. The third-order valence-corrected chi connectivity index (χ3v) is 4.43. The van der Waals surface area contributed by atoms with Crippen molar-refractivity contribution in [3.8, 4) is 5.75 Å². The van der Waals surface area contributed by atoms with Gasteiger partial charge in [-0.05, 0) is 38.0 Å². The highest BCUT2D eigenvalue weighted by Gasteiger charge is 2.25. The molecule has 0 amide bonds. The zero-order chi connectivity index (χ0) is 18.1. The van der Waals surface area contributed by atoms with Crippen molar-refractivity contribution in [3.63, 3.8) is 0 Å². The van der Waals surface area contributed by atoms with E-state index >= 15 is 0 Å². The van der Waals surface area contributed by atoms with Crippen molar-refractivity contribution < 1.29 is 9.47 Å². The van der Waals surface area contributed by atoms with E-state index in [2.05, 4.69) is 20.5 Å². The largest absolute Gasteiger partial charge is 0.495 e. The molecule has 1 saturated heterocycles. The maximum Gasteiger partial charge on any atom is 0.191 e. The molecule has 1 aliphatic rings. The second-order valence-corrected chi connectivity index (χ2v) is 6.38. The summed E-state index contributed by atoms with van der Waals surface area (Å²) in [6.45, 7) is 6.23. The van der Waals surface area contributed by atoms with E-state index in [0.717, 1.165) is 68.1 Å². The number of anilines is 1. The molecule has 148 valence electrons. The van der Waals surface area contributed by atoms with Crippen LogP contribution in [0.3, 0.4) is 0 Å². The second kappa shape index (κ2) is 12.5. The molecule has 0 aliphatic carbocycles. The number of aliphatic imine (C=N–C) groups is 1. The number of hydrogen-bond acceptors (Lipinski definition) is 4. The molecule has 2 N–H and O–H groups in total. The van der Waals surface area contributed by atoms with Crippen molar-refractivity contribution in [2.45, 2.75) is 25.8 Å². The van der Waals surface area contributed by atoms with Gasteiger partial charge in [-0.15, -0.1) is 24.0 Å². The zero-order valence-corrected chi connectivity index (χ0v) is 18.8. The first-order valence-corrected chi connectivity index (χ1v) is 9.19. The van der Waals surface area contributed by atoms with Gasteiger partial charge in [0.05, 0.1) is 12.8 Å². The molecule has 0 spiro atoms. The Morgan fingerprint density at radius 3 is 2.92 bits per heavy atom. The Labute approximate surface area is 178 Å². The number of halogens is 2. The normalized spacial score (nSPS) is 17.0. The molecule has 1 aromatic rings. The molecule has 1 aromatic carbocycles. The standard InChI is InChI=1S/C18H29ClN4O2.HI/c1-4-25-11-5-9-21-18(20-2)22-15-8-10-23(13-15)16-12-14(19)6-7-17(16)24-3;/h6-7,12,15H,4-5,8-11,13H2,1-3H3,(H2,20,21,22);1H. The van der Waals surface area contributed by atoms with Gasteiger partial charge in [0.25, 0.3) is 0 Å². The third kappa shape index (κ3) is 7.00. The lowest BCUT2D eigenvalue weighted by Gasteiger charge is -2.22. The molecular formula is C18H30ClIN4O2. The van der Waals surface area contributed by atoms with E-state index in [1.165, 1.54) is 0 Å². The minimum absolute atomic E-state index is 0. The Hall–Kier alpha value is -0.930. The van der Waals surface area contributed by atoms with Gasteiger partial charge in [-0.25, -0.2) is 0 Å². The Morgan fingerprint density at radius 1 is 1.42 bits per heavy atom. The number of benzene rings is 1. The fraction of sp³-hybridized carbons (Fsp3) is 0.611. The van der Waals surface area contributed by atoms with Crippen molar-refractivity contribution in [2.24, 2.45) is 4.99 Å². The summed E-state index contributed by atoms with van der Waals surface area (Å²) >= 11 is 6.15. The van der Waals surface area contributed by atoms with Crippen molar-refractivity contribution in [3.05, 3.63) is 23.2 Å². The summed E-state index contributed by atoms with van der Waals surface area (Å²) in [5.41, 5.74) is 1.04. The molecule has 8 heteroatoms. The van der Waals surface area contributed by atoms with E-state index in [1.807, 2.05) is 25.1 Å². The predicted octanol–water partition coefficient (Wildman–Crippen LogP) is 3.14. The average molecular weight is 497 g/mol. The fourth-order valence-electron chi connectivity index (χ4n) is 2.92. The molecule has 0 radical (unpaired) electrons. The fourth-order valence-corrected chi connectivity index (χ4v) is 3.09. The van der Waals surface area contributed by atoms with Crippen molar-refractivity contribution in [2.75, 3.05) is 51.9 Å². The molecule has 26 heavy (non-hydrogen) atoms. The summed E-state index contributed by atoms with van der Waals surface area (Å²) in [7, 11) is 3.48. The Kier molecular flexibility index (Phi) is 11.1. The molecule has 1 aliphatic heterocycles. The summed E-state index contributed by atoms with van der Waals surface area (Å²) in [6.07, 6.45) is 2.00. The van der Waals surface area contributed by atoms with E-state index in [0.29, 0.717) is 6.04 Å². The number of methoxy groups -OCH3 is 1. The number of rotatable bonds is 8. The molecule has 1 fully saturated rings. The van der Waals surface area contributed by atoms with Gasteiger partial charge < -0.3 is 25.0 Å². The van der Waals surface area contributed by atoms with Crippen LogP contribution in [0.4, 0.5) is 5.69 Å². The number of ether oxygens (including phenoxy) is 2. The van der Waals surface area contributed by atoms with E-state index in [9.17, 15) is 0 Å². The molecule has 6 nitrogen and oxygen atoms in total. The van der Waals surface area contributed by atoms with E-state index < -0.39 is 0 Å². The van der Waals surface area contributed by atoms with Gasteiger partial charge in [0, 0.05) is 51.0 Å². The number of nitrogens with one attached hydrogen (secondary N) is 2. The van der Waals surface area contributed by atoms with Crippen LogP contribution in [0.2, 0.25) is 5.02 Å². The second-order valence-electron chi connectivity index (χ2n) is 5.94. The van der Waals surface area contributed by atoms with E-state index in [4.69, 9.17) is 21.1 Å². The molecule has 0 saturated carbocycles. The highest BCUT2D eigenvalue weighted by Crippen LogP contribution is 2.33. The smallest absolute Gasteiger partial charge is 0.191 e. The van der Waals surface area contributed by atoms with E-state index in [-0.39, 0.29) is 24.0 Å². The van der Waals surface area contributed by atoms with Crippen LogP contribution in [0.5, 0.6) is 5.75 Å². The maximum absolute atomic E-state index is 6.15. The van der Waals surface area contributed by atoms with Gasteiger partial charge in [0.2, 0.25) is 0 Å². The van der Waals surface area contributed by atoms with Gasteiger partial charge in [-0.2, -0.15) is 0 Å². The Bertz CT molecular complexity index is 574. The lowest BCUT2D eigenvalue weighted by atomic mass is 10.2. The molecule has 2 rings (SSSR count). The molecule has 1 atom stereocenters. The van der Waals surface area contributed by atoms with Crippen LogP contribution in [0.1, 0.15) is 19.8 Å². The van der Waals surface area contributed by atoms with Crippen LogP contribution >= 0.6 is 35.6 Å². The lowest BCUT2D eigenvalue weighted by molar-refractivity contribution is 0.145. The van der Waals surface area contributed by atoms with Crippen LogP contribution in [-0.2, 0) is 4.74 Å². The highest BCUT2D eigenvalue weighted by molar-refractivity contribution is 14.0. The highest BCUT2D eigenvalue weighted by atomic mass is 127. The van der Waals surface area contributed by atoms with Gasteiger partial charge in [-0.1, -0.05) is 11.6 Å². The summed E-state index contributed by atoms with van der Waals surface area (Å²) in [5, 5.41) is 7.55. The number of nitrogens with zero attached hydrogens (tertiary/aromatic N) is 2. The first-order chi connectivity index (χ1) is 12.2. The lowest BCUT2D eigenvalue weighted by Crippen LogP contribution is -2.45. The monoisotopic (exact) mass is 496 g/mol. The minimum Gasteiger partial charge on any atom is -0.495 e. The van der Waals surface area contributed by atoms with Crippen molar-refractivity contribution >= 4 is 47.2 Å². The first-order valence-electron chi connectivity index (χ1n) is 8.81. The quantitative estimate of drug-likeness (QED) is 0.251. The van der Waals surface area contributed by atoms with E-state index in [1.54, 1.807) is 14.2 Å². The van der Waals surface area contributed by atoms with Crippen LogP contribution in [0, 0.1) is 0 Å². The zero-order valence-electron chi connectivity index (χ0n) is 15.8. The van der Waals surface area contributed by atoms with Crippen molar-refractivity contribution in [1.29, 1.82) is 0 Å². The molecule has 1 heterocycles. The van der Waals surface area contributed by atoms with Crippen LogP contribution in [-0.4, -0.2) is 59.0 Å². The van der Waals surface area contributed by atoms with Gasteiger partial charge in [0.15, 0.2) is 5.96 Å². The van der Waals surface area contributed by atoms with Crippen LogP contribution in [0.25, 0.3) is 0 Å². The summed E-state index contributed by atoms with van der Waals surface area (Å²) in [5.74, 6) is 1.69. The summed E-state index contributed by atoms with van der Waals surface area (Å²) in [4.78, 5) is 6.60.